The molecule has 278 valence electrons. The van der Waals surface area contributed by atoms with E-state index in [1.807, 2.05) is 5.32 Å². The van der Waals surface area contributed by atoms with E-state index in [-0.39, 0.29) is 69.7 Å². The second kappa shape index (κ2) is 67.6. The van der Waals surface area contributed by atoms with Crippen molar-refractivity contribution in [3.05, 3.63) is 0 Å². The number of carbonyl (C=O) groups is 5. The molecule has 0 aromatic heterocycles. The molecule has 0 saturated carbocycles. The molecule has 0 fully saturated rings. The van der Waals surface area contributed by atoms with Gasteiger partial charge >= 0.3 is 62.5 Å². The average Bonchev–Trinajstić information content (AvgIpc) is 2.80. The van der Waals surface area contributed by atoms with E-state index in [0.29, 0.717) is 0 Å². The van der Waals surface area contributed by atoms with Crippen LogP contribution in [0.25, 0.3) is 0 Å². The lowest BCUT2D eigenvalue weighted by Crippen LogP contribution is -2.38. The second-order valence-corrected chi connectivity index (χ2v) is 7.83. The molecule has 0 amide bonds. The fourth-order valence-corrected chi connectivity index (χ4v) is 1.82. The maximum absolute atomic E-state index is 10.4. The molecule has 0 aromatic rings. The number of carbonyl (C=O) groups excluding carboxylic acids is 4. The standard InChI is InChI=1S/C5H10NO7P.C3H8NO5P.2CH2O2.2CO2.2CH4O.5H2O/c7-4(8)1-3(5(9)10)6-2-14(11,12)13;5-3(6)1-4-2-10(7,8)9;4*2-1-3;2*1-2;;;;;/h3,6H,1-2H2,(H,7,8)(H,9,10)(H2,11,12,13);4H,1-2H2,(H,5,6)(H2,7,8,9);2*1H,(H,2,3);;;2*2H,1H3;5*1H2/p+12. The highest BCUT2D eigenvalue weighted by atomic mass is 31.2. The minimum Gasteiger partial charge on any atom is -0.483 e. The van der Waals surface area contributed by atoms with E-state index in [1.54, 1.807) is 0 Å². The SMILES string of the molecule is CO.CO.O.O.O.O.O.O=C(O)CC(NCP(=O)(O)O)C(=O)O.O=C(O)CNCP(=O)(O)O.O=C=O.O=C=O.O=CO.O=CO.[H+].[H+].[H+].[H+].[H+].[H+].[H+].[H+].[H+].[H+].[H+].[H+]. The van der Waals surface area contributed by atoms with Crippen LogP contribution >= 0.6 is 15.2 Å². The van der Waals surface area contributed by atoms with E-state index < -0.39 is 64.7 Å². The maximum Gasteiger partial charge on any atom is 1.00 e. The van der Waals surface area contributed by atoms with Gasteiger partial charge in [-0.05, 0) is 0 Å². The van der Waals surface area contributed by atoms with Crippen LogP contribution < -0.4 is 10.6 Å². The molecular weight excluding hydrogens is 690 g/mol. The van der Waals surface area contributed by atoms with Gasteiger partial charge in [0.25, 0.3) is 12.9 Å². The van der Waals surface area contributed by atoms with Crippen LogP contribution in [0.4, 0.5) is 0 Å². The van der Waals surface area contributed by atoms with Gasteiger partial charge in [-0.25, -0.2) is 0 Å². The smallest absolute Gasteiger partial charge is 0.483 e. The summed E-state index contributed by atoms with van der Waals surface area (Å²) in [4.78, 5) is 113. The van der Waals surface area contributed by atoms with Crippen LogP contribution in [0.5, 0.6) is 0 Å². The van der Waals surface area contributed by atoms with Crippen molar-refractivity contribution in [3.8, 4) is 0 Å². The van der Waals surface area contributed by atoms with Crippen molar-refractivity contribution in [2.45, 2.75) is 12.5 Å². The normalized spacial score (nSPS) is 7.91. The number of rotatable bonds is 10. The summed E-state index contributed by atoms with van der Waals surface area (Å²) in [6, 6.07) is -1.50. The van der Waals surface area contributed by atoms with Crippen molar-refractivity contribution in [3.63, 3.8) is 0 Å². The molecule has 29 nitrogen and oxygen atoms in total. The topological polar surface area (TPSA) is 592 Å². The summed E-state index contributed by atoms with van der Waals surface area (Å²) in [6.45, 7) is -0.939. The van der Waals surface area contributed by atoms with E-state index in [9.17, 15) is 23.5 Å². The monoisotopic (exact) mass is 742 g/mol. The van der Waals surface area contributed by atoms with Gasteiger partial charge in [0.2, 0.25) is 0 Å². The third-order valence-electron chi connectivity index (χ3n) is 1.81. The van der Waals surface area contributed by atoms with Crippen LogP contribution in [0.2, 0.25) is 0 Å². The van der Waals surface area contributed by atoms with Crippen molar-refractivity contribution in [1.29, 1.82) is 0 Å². The van der Waals surface area contributed by atoms with Crippen molar-refractivity contribution < 1.29 is 152 Å². The zero-order valence-electron chi connectivity index (χ0n) is 34.9. The van der Waals surface area contributed by atoms with Gasteiger partial charge in [0.15, 0.2) is 0 Å². The molecule has 0 aliphatic carbocycles. The van der Waals surface area contributed by atoms with Gasteiger partial charge < -0.3 is 82.7 Å². The third kappa shape index (κ3) is 199. The van der Waals surface area contributed by atoms with Crippen LogP contribution in [-0.2, 0) is 52.3 Å². The molecule has 0 rings (SSSR count). The number of carboxylic acids is 3. The molecule has 0 heterocycles. The molecule has 0 spiro atoms. The van der Waals surface area contributed by atoms with Crippen LogP contribution in [0.1, 0.15) is 23.5 Å². The number of hydrogen-bond acceptors (Lipinski definition) is 15. The molecule has 1 unspecified atom stereocenters. The zero-order chi connectivity index (χ0) is 34.4. The first-order valence-corrected chi connectivity index (χ1v) is 12.1. The largest absolute Gasteiger partial charge is 1.00 e. The summed E-state index contributed by atoms with van der Waals surface area (Å²) in [6.07, 6.45) is -1.70. The van der Waals surface area contributed by atoms with E-state index in [0.717, 1.165) is 14.2 Å². The number of hydrogen-bond donors (Lipinski definition) is 13. The first-order chi connectivity index (χ1) is 18.3. The fraction of sp³-hybridized carbons (Fsp3) is 0.500. The number of nitrogens with one attached hydrogen (secondary N) is 2. The summed E-state index contributed by atoms with van der Waals surface area (Å²) in [7, 11) is -6.47. The number of aliphatic hydroxyl groups is 2. The van der Waals surface area contributed by atoms with Gasteiger partial charge in [0.05, 0.1) is 25.5 Å². The Labute approximate surface area is 268 Å². The van der Waals surface area contributed by atoms with Gasteiger partial charge in [0, 0.05) is 14.2 Å². The Balaban J connectivity index is -0.00000000944. The van der Waals surface area contributed by atoms with Crippen LogP contribution in [0.15, 0.2) is 0 Å². The first kappa shape index (κ1) is 83.7. The molecule has 0 aliphatic rings. The first-order valence-electron chi connectivity index (χ1n) is 8.53. The van der Waals surface area contributed by atoms with Crippen LogP contribution in [0, 0.1) is 0 Å². The van der Waals surface area contributed by atoms with Gasteiger partial charge in [-0.1, -0.05) is 0 Å². The molecule has 31 heteroatoms. The molecule has 0 bridgehead atoms. The van der Waals surface area contributed by atoms with Crippen LogP contribution in [0.3, 0.4) is 0 Å². The Morgan fingerprint density at radius 3 is 1.09 bits per heavy atom. The Hall–Kier alpha value is -3.95. The number of carboxylic acid groups (broad SMARTS) is 5. The van der Waals surface area contributed by atoms with Crippen molar-refractivity contribution >= 4 is 58.3 Å². The Morgan fingerprint density at radius 2 is 0.933 bits per heavy atom. The lowest BCUT2D eigenvalue weighted by atomic mass is 10.2. The van der Waals surface area contributed by atoms with Crippen LogP contribution in [-0.4, -0.2) is 165 Å². The molecule has 45 heavy (non-hydrogen) atoms. The highest BCUT2D eigenvalue weighted by Gasteiger charge is 2.23. The summed E-state index contributed by atoms with van der Waals surface area (Å²) >= 11 is 0. The molecule has 0 aliphatic heterocycles. The Bertz CT molecular complexity index is 809. The predicted molar refractivity (Wildman–Crippen MR) is 151 cm³/mol. The number of aliphatic carboxylic acids is 3. The summed E-state index contributed by atoms with van der Waals surface area (Å²) in [5, 5.41) is 56.5. The molecule has 0 saturated heterocycles. The lowest BCUT2D eigenvalue weighted by Gasteiger charge is -2.12. The fourth-order valence-electron chi connectivity index (χ4n) is 0.959. The van der Waals surface area contributed by atoms with E-state index in [2.05, 4.69) is 5.32 Å². The highest BCUT2D eigenvalue weighted by molar-refractivity contribution is 7.51. The number of aliphatic hydroxyl groups excluding tert-OH is 2. The average molecular weight is 743 g/mol. The van der Waals surface area contributed by atoms with Crippen molar-refractivity contribution in [1.82, 2.24) is 10.6 Å². The molecule has 0 radical (unpaired) electrons. The minimum absolute atomic E-state index is 0. The maximum atomic E-state index is 10.4. The Morgan fingerprint density at radius 1 is 0.689 bits per heavy atom. The van der Waals surface area contributed by atoms with Gasteiger partial charge in [-0.15, -0.1) is 0 Å². The molecule has 0 aromatic carbocycles. The van der Waals surface area contributed by atoms with Crippen molar-refractivity contribution in [2.24, 2.45) is 0 Å². The summed E-state index contributed by atoms with van der Waals surface area (Å²) < 4.78 is 20.4. The third-order valence-corrected chi connectivity index (χ3v) is 3.04. The highest BCUT2D eigenvalue weighted by Crippen LogP contribution is 2.32. The summed E-state index contributed by atoms with van der Waals surface area (Å²) in [5.74, 6) is -3.98. The van der Waals surface area contributed by atoms with Gasteiger partial charge in [0.1, 0.15) is 6.04 Å². The minimum atomic E-state index is -4.37. The quantitative estimate of drug-likeness (QED) is 0.0730. The van der Waals surface area contributed by atoms with Gasteiger partial charge in [-0.3, -0.25) is 43.7 Å². The second-order valence-electron chi connectivity index (χ2n) is 4.54. The van der Waals surface area contributed by atoms with E-state index in [1.165, 1.54) is 0 Å². The molecule has 23 N–H and O–H groups in total. The van der Waals surface area contributed by atoms with E-state index >= 15 is 0 Å². The molecular formula is C14H52N2O27P2+12. The van der Waals surface area contributed by atoms with Gasteiger partial charge in [-0.2, -0.15) is 19.2 Å². The Kier molecular flexibility index (Phi) is 126. The van der Waals surface area contributed by atoms with Crippen molar-refractivity contribution in [2.75, 3.05) is 33.3 Å². The summed E-state index contributed by atoms with van der Waals surface area (Å²) in [5.41, 5.74) is 0. The van der Waals surface area contributed by atoms with E-state index in [4.69, 9.17) is 84.1 Å². The lowest BCUT2D eigenvalue weighted by molar-refractivity contribution is -0.193. The zero-order valence-corrected chi connectivity index (χ0v) is 24.7. The predicted octanol–water partition coefficient (Wildman–Crippen LogP) is -7.89. The molecule has 1 atom stereocenters.